The molecule has 0 aliphatic heterocycles. The first-order valence-electron chi connectivity index (χ1n) is 3.99. The first-order chi connectivity index (χ1) is 7.10. The second-order valence-corrected chi connectivity index (χ2v) is 3.28. The van der Waals surface area contributed by atoms with Gasteiger partial charge in [-0.1, -0.05) is 15.9 Å². The Morgan fingerprint density at radius 3 is 2.67 bits per heavy atom. The van der Waals surface area contributed by atoms with Crippen LogP contribution in [0, 0.1) is 17.1 Å². The Bertz CT molecular complexity index is 401. The minimum absolute atomic E-state index is 0.0599. The van der Waals surface area contributed by atoms with Gasteiger partial charge in [0.25, 0.3) is 6.43 Å². The van der Waals surface area contributed by atoms with Crippen LogP contribution in [0.5, 0.6) is 0 Å². The molecule has 0 aliphatic rings. The van der Waals surface area contributed by atoms with Gasteiger partial charge < -0.3 is 0 Å². The van der Waals surface area contributed by atoms with E-state index in [9.17, 15) is 13.2 Å². The van der Waals surface area contributed by atoms with Crippen LogP contribution in [0.2, 0.25) is 0 Å². The molecular formula is C9H6BrF3N2. The van der Waals surface area contributed by atoms with Crippen molar-refractivity contribution < 1.29 is 13.2 Å². The topological polar surface area (TPSA) is 36.7 Å². The third kappa shape index (κ3) is 2.69. The summed E-state index contributed by atoms with van der Waals surface area (Å²) in [6, 6.07) is 2.45. The van der Waals surface area contributed by atoms with E-state index in [-0.39, 0.29) is 23.0 Å². The highest BCUT2D eigenvalue weighted by atomic mass is 79.9. The number of hydrogen-bond donors (Lipinski definition) is 0. The Balaban J connectivity index is 3.26. The summed E-state index contributed by atoms with van der Waals surface area (Å²) in [4.78, 5) is 3.55. The molecule has 0 bridgehead atoms. The van der Waals surface area contributed by atoms with Crippen molar-refractivity contribution in [2.45, 2.75) is 18.2 Å². The smallest absolute Gasteiger partial charge is 0.250 e. The fourth-order valence-corrected chi connectivity index (χ4v) is 1.68. The summed E-state index contributed by atoms with van der Waals surface area (Å²) >= 11 is 3.01. The maximum Gasteiger partial charge on any atom is 0.280 e. The number of aromatic nitrogens is 1. The molecule has 0 aliphatic carbocycles. The molecule has 1 rings (SSSR count). The van der Waals surface area contributed by atoms with E-state index in [1.807, 2.05) is 0 Å². The molecule has 80 valence electrons. The summed E-state index contributed by atoms with van der Waals surface area (Å²) in [6.45, 7) is 0. The van der Waals surface area contributed by atoms with E-state index in [2.05, 4.69) is 20.9 Å². The average Bonchev–Trinajstić information content (AvgIpc) is 2.17. The molecule has 0 N–H and O–H groups in total. The van der Waals surface area contributed by atoms with Gasteiger partial charge in [-0.15, -0.1) is 0 Å². The van der Waals surface area contributed by atoms with Crippen LogP contribution in [-0.4, -0.2) is 4.98 Å². The zero-order valence-electron chi connectivity index (χ0n) is 7.48. The van der Waals surface area contributed by atoms with Crippen molar-refractivity contribution in [1.29, 1.82) is 5.26 Å². The molecular weight excluding hydrogens is 273 g/mol. The number of rotatable bonds is 3. The fraction of sp³-hybridized carbons (Fsp3) is 0.333. The summed E-state index contributed by atoms with van der Waals surface area (Å²) in [7, 11) is 0. The van der Waals surface area contributed by atoms with E-state index in [1.165, 1.54) is 0 Å². The molecule has 6 heteroatoms. The monoisotopic (exact) mass is 278 g/mol. The maximum absolute atomic E-state index is 13.3. The highest BCUT2D eigenvalue weighted by Crippen LogP contribution is 2.22. The molecule has 0 fully saturated rings. The Morgan fingerprint density at radius 1 is 1.53 bits per heavy atom. The Morgan fingerprint density at radius 2 is 2.20 bits per heavy atom. The van der Waals surface area contributed by atoms with E-state index >= 15 is 0 Å². The molecule has 15 heavy (non-hydrogen) atoms. The van der Waals surface area contributed by atoms with Crippen molar-refractivity contribution in [2.75, 3.05) is 0 Å². The van der Waals surface area contributed by atoms with Gasteiger partial charge in [0, 0.05) is 17.0 Å². The standard InChI is InChI=1S/C9H6BrF3N2/c10-4-5-6(11)3-8(9(12)13)15-7(5)1-2-14/h3,9H,1,4H2. The van der Waals surface area contributed by atoms with Gasteiger partial charge in [0.2, 0.25) is 0 Å². The lowest BCUT2D eigenvalue weighted by atomic mass is 10.1. The van der Waals surface area contributed by atoms with Crippen molar-refractivity contribution in [3.63, 3.8) is 0 Å². The zero-order chi connectivity index (χ0) is 11.4. The quantitative estimate of drug-likeness (QED) is 0.797. The highest BCUT2D eigenvalue weighted by molar-refractivity contribution is 9.08. The lowest BCUT2D eigenvalue weighted by molar-refractivity contribution is 0.145. The van der Waals surface area contributed by atoms with Crippen LogP contribution in [-0.2, 0) is 11.8 Å². The molecule has 0 aromatic carbocycles. The van der Waals surface area contributed by atoms with Gasteiger partial charge in [-0.25, -0.2) is 13.2 Å². The third-order valence-corrected chi connectivity index (χ3v) is 2.34. The van der Waals surface area contributed by atoms with Crippen LogP contribution in [0.25, 0.3) is 0 Å². The Kier molecular flexibility index (Phi) is 4.09. The van der Waals surface area contributed by atoms with E-state index < -0.39 is 17.9 Å². The second-order valence-electron chi connectivity index (χ2n) is 2.72. The normalized spacial score (nSPS) is 10.4. The van der Waals surface area contributed by atoms with Crippen molar-refractivity contribution in [2.24, 2.45) is 0 Å². The zero-order valence-corrected chi connectivity index (χ0v) is 9.06. The summed E-state index contributed by atoms with van der Waals surface area (Å²) in [6.07, 6.45) is -3.01. The largest absolute Gasteiger partial charge is 0.280 e. The summed E-state index contributed by atoms with van der Waals surface area (Å²) < 4.78 is 37.8. The molecule has 2 nitrogen and oxygen atoms in total. The summed E-state index contributed by atoms with van der Waals surface area (Å²) in [5.74, 6) is -0.762. The number of alkyl halides is 3. The molecule has 0 atom stereocenters. The lowest BCUT2D eigenvalue weighted by Crippen LogP contribution is -2.03. The maximum atomic E-state index is 13.3. The number of halogens is 4. The van der Waals surface area contributed by atoms with Gasteiger partial charge >= 0.3 is 0 Å². The predicted molar refractivity (Wildman–Crippen MR) is 51.1 cm³/mol. The lowest BCUT2D eigenvalue weighted by Gasteiger charge is -2.07. The molecule has 1 aromatic heterocycles. The molecule has 0 amide bonds. The van der Waals surface area contributed by atoms with Crippen LogP contribution in [0.4, 0.5) is 13.2 Å². The van der Waals surface area contributed by atoms with E-state index in [0.29, 0.717) is 6.07 Å². The van der Waals surface area contributed by atoms with E-state index in [0.717, 1.165) is 0 Å². The van der Waals surface area contributed by atoms with Crippen LogP contribution in [0.15, 0.2) is 6.07 Å². The highest BCUT2D eigenvalue weighted by Gasteiger charge is 2.16. The average molecular weight is 279 g/mol. The van der Waals surface area contributed by atoms with Gasteiger partial charge in [0.1, 0.15) is 11.5 Å². The third-order valence-electron chi connectivity index (χ3n) is 1.78. The molecule has 0 unspecified atom stereocenters. The van der Waals surface area contributed by atoms with Gasteiger partial charge in [-0.2, -0.15) is 5.26 Å². The SMILES string of the molecule is N#CCc1nc(C(F)F)cc(F)c1CBr. The molecule has 0 radical (unpaired) electrons. The van der Waals surface area contributed by atoms with E-state index in [4.69, 9.17) is 5.26 Å². The minimum atomic E-state index is -2.83. The van der Waals surface area contributed by atoms with E-state index in [1.54, 1.807) is 6.07 Å². The first kappa shape index (κ1) is 12.0. The molecule has 1 aromatic rings. The van der Waals surface area contributed by atoms with Crippen molar-refractivity contribution in [3.05, 3.63) is 28.8 Å². The molecule has 0 saturated heterocycles. The molecule has 1 heterocycles. The van der Waals surface area contributed by atoms with Gasteiger partial charge in [-0.3, -0.25) is 4.98 Å². The second kappa shape index (κ2) is 5.12. The van der Waals surface area contributed by atoms with Gasteiger partial charge in [0.15, 0.2) is 0 Å². The first-order valence-corrected chi connectivity index (χ1v) is 5.11. The number of hydrogen-bond acceptors (Lipinski definition) is 2. The number of nitriles is 1. The van der Waals surface area contributed by atoms with Crippen LogP contribution in [0.3, 0.4) is 0 Å². The molecule has 0 spiro atoms. The molecule has 0 saturated carbocycles. The number of nitrogens with zero attached hydrogens (tertiary/aromatic N) is 2. The Labute approximate surface area is 92.9 Å². The van der Waals surface area contributed by atoms with Crippen molar-refractivity contribution in [1.82, 2.24) is 4.98 Å². The minimum Gasteiger partial charge on any atom is -0.250 e. The van der Waals surface area contributed by atoms with Crippen molar-refractivity contribution >= 4 is 15.9 Å². The summed E-state index contributed by atoms with van der Waals surface area (Å²) in [5, 5.41) is 8.59. The van der Waals surface area contributed by atoms with Crippen LogP contribution >= 0.6 is 15.9 Å². The summed E-state index contributed by atoms with van der Waals surface area (Å²) in [5.41, 5.74) is -0.423. The van der Waals surface area contributed by atoms with Crippen LogP contribution in [0.1, 0.15) is 23.4 Å². The van der Waals surface area contributed by atoms with Gasteiger partial charge in [-0.05, 0) is 0 Å². The van der Waals surface area contributed by atoms with Crippen molar-refractivity contribution in [3.8, 4) is 6.07 Å². The Hall–Kier alpha value is -1.09. The van der Waals surface area contributed by atoms with Gasteiger partial charge in [0.05, 0.1) is 18.2 Å². The predicted octanol–water partition coefficient (Wildman–Crippen LogP) is 3.12. The number of pyridine rings is 1. The fourth-order valence-electron chi connectivity index (χ4n) is 1.08. The van der Waals surface area contributed by atoms with Crippen LogP contribution < -0.4 is 0 Å².